The fraction of sp³-hybridized carbons (Fsp3) is 0.379. The highest BCUT2D eigenvalue weighted by Gasteiger charge is 2.18. The number of pyridine rings is 1. The third-order valence-corrected chi connectivity index (χ3v) is 7.20. The number of aromatic nitrogens is 1. The fourth-order valence-electron chi connectivity index (χ4n) is 4.63. The Bertz CT molecular complexity index is 1480. The van der Waals surface area contributed by atoms with E-state index in [1.807, 2.05) is 7.05 Å². The van der Waals surface area contributed by atoms with Crippen LogP contribution in [0.4, 0.5) is 10.5 Å². The number of phenolic OH excluding ortho intramolecular Hbond substituents is 1. The van der Waals surface area contributed by atoms with Crippen LogP contribution >= 0.6 is 11.6 Å². The van der Waals surface area contributed by atoms with Gasteiger partial charge < -0.3 is 30.0 Å². The molecule has 2 aromatic carbocycles. The number of aliphatic hydroxyl groups is 1. The van der Waals surface area contributed by atoms with E-state index in [9.17, 15) is 19.8 Å². The van der Waals surface area contributed by atoms with Crippen LogP contribution in [0.2, 0.25) is 5.02 Å². The average Bonchev–Trinajstić information content (AvgIpc) is 2.95. The molecule has 0 aliphatic heterocycles. The molecule has 3 aromatic rings. The van der Waals surface area contributed by atoms with Crippen molar-refractivity contribution in [2.24, 2.45) is 0 Å². The van der Waals surface area contributed by atoms with Gasteiger partial charge in [0, 0.05) is 61.6 Å². The summed E-state index contributed by atoms with van der Waals surface area (Å²) in [4.78, 5) is 28.8. The van der Waals surface area contributed by atoms with Crippen LogP contribution in [0.25, 0.3) is 10.9 Å². The molecule has 1 amide bonds. The van der Waals surface area contributed by atoms with Crippen molar-refractivity contribution in [1.29, 1.82) is 0 Å². The maximum Gasteiger partial charge on any atom is 0.411 e. The van der Waals surface area contributed by atoms with Gasteiger partial charge in [-0.1, -0.05) is 17.7 Å². The van der Waals surface area contributed by atoms with Crippen molar-refractivity contribution in [3.63, 3.8) is 0 Å². The summed E-state index contributed by atoms with van der Waals surface area (Å²) in [5, 5.41) is 27.6. The zero-order valence-electron chi connectivity index (χ0n) is 22.4. The molecule has 4 rings (SSSR count). The summed E-state index contributed by atoms with van der Waals surface area (Å²) >= 11 is 6.44. The molecule has 0 saturated heterocycles. The Kier molecular flexibility index (Phi) is 9.90. The summed E-state index contributed by atoms with van der Waals surface area (Å²) in [6.07, 6.45) is 1.20. The first kappa shape index (κ1) is 29.2. The molecule has 0 radical (unpaired) electrons. The number of aromatic amines is 1. The van der Waals surface area contributed by atoms with Gasteiger partial charge >= 0.3 is 6.09 Å². The lowest BCUT2D eigenvalue weighted by Gasteiger charge is -2.27. The number of amides is 1. The van der Waals surface area contributed by atoms with Gasteiger partial charge in [0.2, 0.25) is 5.56 Å². The first-order valence-electron chi connectivity index (χ1n) is 13.0. The Balaban J connectivity index is 1.31. The molecule has 1 aliphatic carbocycles. The number of carbonyl (C=O) groups is 1. The first-order chi connectivity index (χ1) is 19.3. The predicted molar refractivity (Wildman–Crippen MR) is 154 cm³/mol. The second-order valence-corrected chi connectivity index (χ2v) is 9.97. The minimum absolute atomic E-state index is 0.0735. The number of carbonyl (C=O) groups excluding carboxylic acids is 1. The SMILES string of the molecule is COc1cc(NC(=O)OCCN(C)C2CC#CCC2)c(Cl)cc1CNC[C@H](O)c1ccc(O)c2[nH]c(=O)ccc12. The van der Waals surface area contributed by atoms with Gasteiger partial charge in [0.05, 0.1) is 29.4 Å². The van der Waals surface area contributed by atoms with E-state index in [1.54, 1.807) is 24.3 Å². The highest BCUT2D eigenvalue weighted by Crippen LogP contribution is 2.32. The van der Waals surface area contributed by atoms with E-state index in [-0.39, 0.29) is 30.0 Å². The lowest BCUT2D eigenvalue weighted by molar-refractivity contribution is 0.132. The monoisotopic (exact) mass is 568 g/mol. The van der Waals surface area contributed by atoms with Gasteiger partial charge in [-0.3, -0.25) is 15.0 Å². The number of fused-ring (bicyclic) bond motifs is 1. The third kappa shape index (κ3) is 7.25. The summed E-state index contributed by atoms with van der Waals surface area (Å²) < 4.78 is 10.8. The van der Waals surface area contributed by atoms with Crippen LogP contribution in [0.15, 0.2) is 41.2 Å². The molecule has 5 N–H and O–H groups in total. The first-order valence-corrected chi connectivity index (χ1v) is 13.3. The van der Waals surface area contributed by atoms with Gasteiger partial charge in [-0.05, 0) is 37.2 Å². The van der Waals surface area contributed by atoms with Crippen molar-refractivity contribution in [3.8, 4) is 23.3 Å². The van der Waals surface area contributed by atoms with Crippen molar-refractivity contribution >= 4 is 34.3 Å². The number of halogens is 1. The number of benzene rings is 2. The van der Waals surface area contributed by atoms with E-state index in [4.69, 9.17) is 21.1 Å². The van der Waals surface area contributed by atoms with Crippen LogP contribution in [0, 0.1) is 11.8 Å². The maximum atomic E-state index is 12.4. The van der Waals surface area contributed by atoms with Gasteiger partial charge in [-0.15, -0.1) is 11.8 Å². The fourth-order valence-corrected chi connectivity index (χ4v) is 4.86. The van der Waals surface area contributed by atoms with Crippen molar-refractivity contribution in [3.05, 3.63) is 62.9 Å². The van der Waals surface area contributed by atoms with Crippen LogP contribution in [-0.2, 0) is 11.3 Å². The van der Waals surface area contributed by atoms with Gasteiger partial charge in [-0.2, -0.15) is 0 Å². The molecule has 10 nitrogen and oxygen atoms in total. The number of hydrogen-bond acceptors (Lipinski definition) is 8. The molecule has 1 aliphatic rings. The molecule has 1 unspecified atom stereocenters. The molecule has 1 heterocycles. The quantitative estimate of drug-likeness (QED) is 0.221. The Hall–Kier alpha value is -3.75. The number of methoxy groups -OCH3 is 1. The van der Waals surface area contributed by atoms with Crippen molar-refractivity contribution in [1.82, 2.24) is 15.2 Å². The topological polar surface area (TPSA) is 136 Å². The number of likely N-dealkylation sites (N-methyl/N-ethyl adjacent to an activating group) is 1. The highest BCUT2D eigenvalue weighted by molar-refractivity contribution is 6.33. The molecule has 212 valence electrons. The zero-order chi connectivity index (χ0) is 28.6. The van der Waals surface area contributed by atoms with Crippen LogP contribution in [0.5, 0.6) is 11.5 Å². The number of rotatable bonds is 11. The number of aliphatic hydroxyl groups excluding tert-OH is 1. The molecule has 0 bridgehead atoms. The van der Waals surface area contributed by atoms with Crippen LogP contribution in [0.1, 0.15) is 36.5 Å². The molecular weight excluding hydrogens is 536 g/mol. The number of H-pyrrole nitrogens is 1. The number of nitrogens with one attached hydrogen (secondary N) is 3. The summed E-state index contributed by atoms with van der Waals surface area (Å²) in [5.74, 6) is 6.64. The van der Waals surface area contributed by atoms with E-state index < -0.39 is 12.2 Å². The average molecular weight is 569 g/mol. The van der Waals surface area contributed by atoms with Crippen LogP contribution in [0.3, 0.4) is 0 Å². The smallest absolute Gasteiger partial charge is 0.411 e. The molecule has 11 heteroatoms. The van der Waals surface area contributed by atoms with Crippen molar-refractivity contribution < 1.29 is 24.5 Å². The van der Waals surface area contributed by atoms with Crippen molar-refractivity contribution in [2.75, 3.05) is 39.2 Å². The molecule has 2 atom stereocenters. The van der Waals surface area contributed by atoms with Gasteiger partial charge in [0.1, 0.15) is 18.1 Å². The summed E-state index contributed by atoms with van der Waals surface area (Å²) in [6, 6.07) is 9.62. The van der Waals surface area contributed by atoms with Gasteiger partial charge in [-0.25, -0.2) is 4.79 Å². The summed E-state index contributed by atoms with van der Waals surface area (Å²) in [5.41, 5.74) is 1.55. The normalized spacial score (nSPS) is 15.4. The summed E-state index contributed by atoms with van der Waals surface area (Å²) in [7, 11) is 3.51. The van der Waals surface area contributed by atoms with Gasteiger partial charge in [0.25, 0.3) is 0 Å². The van der Waals surface area contributed by atoms with Crippen LogP contribution in [-0.4, -0.2) is 66.1 Å². The Labute approximate surface area is 237 Å². The molecular formula is C29H33ClN4O6. The number of ether oxygens (including phenoxy) is 2. The van der Waals surface area contributed by atoms with E-state index in [0.29, 0.717) is 46.5 Å². The largest absolute Gasteiger partial charge is 0.506 e. The minimum Gasteiger partial charge on any atom is -0.506 e. The Morgan fingerprint density at radius 3 is 2.85 bits per heavy atom. The minimum atomic E-state index is -0.920. The van der Waals surface area contributed by atoms with Crippen LogP contribution < -0.4 is 20.9 Å². The lowest BCUT2D eigenvalue weighted by Crippen LogP contribution is -2.35. The molecule has 40 heavy (non-hydrogen) atoms. The van der Waals surface area contributed by atoms with E-state index in [2.05, 4.69) is 32.4 Å². The second-order valence-electron chi connectivity index (χ2n) is 9.57. The number of nitrogens with zero attached hydrogens (tertiary/aromatic N) is 1. The molecule has 0 saturated carbocycles. The summed E-state index contributed by atoms with van der Waals surface area (Å²) in [6.45, 7) is 1.33. The third-order valence-electron chi connectivity index (χ3n) is 6.89. The number of hydrogen-bond donors (Lipinski definition) is 5. The maximum absolute atomic E-state index is 12.4. The molecule has 0 spiro atoms. The standard InChI is InChI=1S/C29H33ClN4O6/c1-34(19-6-4-3-5-7-19)12-13-40-29(38)32-23-15-26(39-2)18(14-22(23)30)16-31-17-25(36)20-8-10-24(35)28-21(20)9-11-27(37)33-28/h8-11,14-15,19,25,31,35-36H,4,6-7,12-13,16-17H2,1-2H3,(H,32,38)(H,33,37)/t19?,25-/m0/s1. The van der Waals surface area contributed by atoms with Crippen molar-refractivity contribution in [2.45, 2.75) is 38.0 Å². The van der Waals surface area contributed by atoms with Gasteiger partial charge in [0.15, 0.2) is 0 Å². The lowest BCUT2D eigenvalue weighted by atomic mass is 10.0. The van der Waals surface area contributed by atoms with E-state index in [0.717, 1.165) is 24.8 Å². The molecule has 0 fully saturated rings. The van der Waals surface area contributed by atoms with E-state index >= 15 is 0 Å². The Morgan fingerprint density at radius 2 is 2.10 bits per heavy atom. The zero-order valence-corrected chi connectivity index (χ0v) is 23.2. The number of anilines is 1. The number of aromatic hydroxyl groups is 1. The highest BCUT2D eigenvalue weighted by atomic mass is 35.5. The Morgan fingerprint density at radius 1 is 1.27 bits per heavy atom. The molecule has 1 aromatic heterocycles. The van der Waals surface area contributed by atoms with E-state index in [1.165, 1.54) is 19.2 Å². The number of phenols is 1. The second kappa shape index (κ2) is 13.5. The predicted octanol–water partition coefficient (Wildman–Crippen LogP) is 3.76.